The van der Waals surface area contributed by atoms with E-state index >= 15 is 0 Å². The summed E-state index contributed by atoms with van der Waals surface area (Å²) >= 11 is 0. The number of rotatable bonds is 6. The fourth-order valence-electron chi connectivity index (χ4n) is 2.80. The summed E-state index contributed by atoms with van der Waals surface area (Å²) in [5.74, 6) is 0.0668. The average molecular weight is 280 g/mol. The fraction of sp³-hybridized carbons (Fsp3) is 0.625. The normalized spacial score (nSPS) is 20.1. The Kier molecular flexibility index (Phi) is 5.80. The molecule has 1 aromatic carbocycles. The molecule has 3 nitrogen and oxygen atoms in total. The second-order valence-corrected chi connectivity index (χ2v) is 5.57. The third kappa shape index (κ3) is 4.18. The molecular weight excluding hydrogens is 255 g/mol. The van der Waals surface area contributed by atoms with Crippen LogP contribution >= 0.6 is 0 Å². The number of nitrogens with zero attached hydrogens (tertiary/aromatic N) is 1. The van der Waals surface area contributed by atoms with Gasteiger partial charge < -0.3 is 15.4 Å². The molecule has 1 fully saturated rings. The highest BCUT2D eigenvalue weighted by Crippen LogP contribution is 2.21. The highest BCUT2D eigenvalue weighted by Gasteiger charge is 2.18. The Bertz CT molecular complexity index is 425. The van der Waals surface area contributed by atoms with E-state index in [1.54, 1.807) is 6.07 Å². The highest BCUT2D eigenvalue weighted by molar-refractivity contribution is 5.29. The molecule has 20 heavy (non-hydrogen) atoms. The number of piperidine rings is 1. The lowest BCUT2D eigenvalue weighted by Gasteiger charge is -2.32. The van der Waals surface area contributed by atoms with Crippen LogP contribution in [0.4, 0.5) is 4.39 Å². The maximum absolute atomic E-state index is 13.8. The molecule has 1 aromatic rings. The maximum atomic E-state index is 13.8. The Labute approximate surface area is 120 Å². The molecule has 1 aliphatic rings. The molecule has 1 heterocycles. The molecule has 2 rings (SSSR count). The quantitative estimate of drug-likeness (QED) is 0.870. The first-order valence-corrected chi connectivity index (χ1v) is 7.52. The van der Waals surface area contributed by atoms with E-state index in [4.69, 9.17) is 10.5 Å². The van der Waals surface area contributed by atoms with Gasteiger partial charge in [0.25, 0.3) is 0 Å². The fourth-order valence-corrected chi connectivity index (χ4v) is 2.80. The summed E-state index contributed by atoms with van der Waals surface area (Å²) in [6, 6.07) is 5.70. The van der Waals surface area contributed by atoms with Crippen LogP contribution in [0.2, 0.25) is 0 Å². The smallest absolute Gasteiger partial charge is 0.165 e. The predicted molar refractivity (Wildman–Crippen MR) is 79.5 cm³/mol. The summed E-state index contributed by atoms with van der Waals surface area (Å²) in [6.07, 6.45) is 5.45. The van der Waals surface area contributed by atoms with Crippen LogP contribution in [0.3, 0.4) is 0 Å². The molecule has 112 valence electrons. The Balaban J connectivity index is 1.81. The van der Waals surface area contributed by atoms with Crippen LogP contribution in [0.5, 0.6) is 5.75 Å². The highest BCUT2D eigenvalue weighted by atomic mass is 19.1. The standard InChI is InChI=1S/C16H25FN2O/c1-19-10-3-2-4-14(19)8-11-20-16-6-5-13(7-9-18)12-15(16)17/h5-6,12,14H,2-4,7-11,18H2,1H3. The van der Waals surface area contributed by atoms with Crippen molar-refractivity contribution in [3.8, 4) is 5.75 Å². The van der Waals surface area contributed by atoms with Crippen molar-refractivity contribution in [2.24, 2.45) is 5.73 Å². The molecular formula is C16H25FN2O. The second-order valence-electron chi connectivity index (χ2n) is 5.57. The number of hydrogen-bond acceptors (Lipinski definition) is 3. The molecule has 0 aromatic heterocycles. The molecule has 0 bridgehead atoms. The van der Waals surface area contributed by atoms with E-state index in [0.717, 1.165) is 18.5 Å². The predicted octanol–water partition coefficient (Wildman–Crippen LogP) is 2.58. The van der Waals surface area contributed by atoms with E-state index in [-0.39, 0.29) is 5.82 Å². The van der Waals surface area contributed by atoms with Gasteiger partial charge in [0.05, 0.1) is 6.61 Å². The van der Waals surface area contributed by atoms with Crippen molar-refractivity contribution >= 4 is 0 Å². The zero-order chi connectivity index (χ0) is 14.4. The van der Waals surface area contributed by atoms with Crippen molar-refractivity contribution in [2.45, 2.75) is 38.1 Å². The molecule has 1 aliphatic heterocycles. The Morgan fingerprint density at radius 1 is 1.40 bits per heavy atom. The Morgan fingerprint density at radius 3 is 2.95 bits per heavy atom. The largest absolute Gasteiger partial charge is 0.490 e. The minimum Gasteiger partial charge on any atom is -0.490 e. The number of hydrogen-bond donors (Lipinski definition) is 1. The molecule has 4 heteroatoms. The molecule has 2 N–H and O–H groups in total. The van der Waals surface area contributed by atoms with Crippen LogP contribution in [0, 0.1) is 5.82 Å². The van der Waals surface area contributed by atoms with Gasteiger partial charge in [-0.2, -0.15) is 0 Å². The van der Waals surface area contributed by atoms with Crippen LogP contribution in [-0.2, 0) is 6.42 Å². The molecule has 0 radical (unpaired) electrons. The summed E-state index contributed by atoms with van der Waals surface area (Å²) in [6.45, 7) is 2.27. The van der Waals surface area contributed by atoms with Crippen molar-refractivity contribution < 1.29 is 9.13 Å². The van der Waals surface area contributed by atoms with Crippen molar-refractivity contribution in [1.82, 2.24) is 4.90 Å². The summed E-state index contributed by atoms with van der Waals surface area (Å²) < 4.78 is 19.4. The minimum absolute atomic E-state index is 0.284. The van der Waals surface area contributed by atoms with Gasteiger partial charge in [0, 0.05) is 6.04 Å². The number of ether oxygens (including phenoxy) is 1. The number of likely N-dealkylation sites (tertiary alicyclic amines) is 1. The van der Waals surface area contributed by atoms with Gasteiger partial charge in [-0.3, -0.25) is 0 Å². The van der Waals surface area contributed by atoms with Crippen LogP contribution < -0.4 is 10.5 Å². The Hall–Kier alpha value is -1.13. The third-order valence-electron chi connectivity index (χ3n) is 4.06. The second kappa shape index (κ2) is 7.60. The lowest BCUT2D eigenvalue weighted by molar-refractivity contribution is 0.151. The molecule has 1 atom stereocenters. The minimum atomic E-state index is -0.284. The van der Waals surface area contributed by atoms with Crippen molar-refractivity contribution in [2.75, 3.05) is 26.7 Å². The van der Waals surface area contributed by atoms with Gasteiger partial charge in [-0.15, -0.1) is 0 Å². The molecule has 0 aliphatic carbocycles. The summed E-state index contributed by atoms with van der Waals surface area (Å²) in [5, 5.41) is 0. The maximum Gasteiger partial charge on any atom is 0.165 e. The van der Waals surface area contributed by atoms with Gasteiger partial charge in [-0.05, 0) is 63.5 Å². The lowest BCUT2D eigenvalue weighted by Crippen LogP contribution is -2.37. The van der Waals surface area contributed by atoms with Crippen molar-refractivity contribution in [3.05, 3.63) is 29.6 Å². The first kappa shape index (κ1) is 15.3. The summed E-state index contributed by atoms with van der Waals surface area (Å²) in [7, 11) is 2.16. The molecule has 0 spiro atoms. The van der Waals surface area contributed by atoms with Gasteiger partial charge in [0.15, 0.2) is 11.6 Å². The number of nitrogens with two attached hydrogens (primary N) is 1. The van der Waals surface area contributed by atoms with Crippen molar-refractivity contribution in [1.29, 1.82) is 0 Å². The van der Waals surface area contributed by atoms with E-state index in [9.17, 15) is 4.39 Å². The molecule has 1 unspecified atom stereocenters. The zero-order valence-corrected chi connectivity index (χ0v) is 12.3. The van der Waals surface area contributed by atoms with E-state index in [0.29, 0.717) is 31.4 Å². The summed E-state index contributed by atoms with van der Waals surface area (Å²) in [5.41, 5.74) is 6.39. The van der Waals surface area contributed by atoms with Crippen LogP contribution in [0.1, 0.15) is 31.2 Å². The molecule has 1 saturated heterocycles. The van der Waals surface area contributed by atoms with E-state index in [2.05, 4.69) is 11.9 Å². The van der Waals surface area contributed by atoms with Crippen molar-refractivity contribution in [3.63, 3.8) is 0 Å². The first-order valence-electron chi connectivity index (χ1n) is 7.52. The monoisotopic (exact) mass is 280 g/mol. The van der Waals surface area contributed by atoms with E-state index in [1.165, 1.54) is 25.3 Å². The molecule has 0 saturated carbocycles. The van der Waals surface area contributed by atoms with Gasteiger partial charge in [0.1, 0.15) is 0 Å². The van der Waals surface area contributed by atoms with Crippen LogP contribution in [-0.4, -0.2) is 37.7 Å². The number of benzene rings is 1. The first-order chi connectivity index (χ1) is 9.70. The average Bonchev–Trinajstić information content (AvgIpc) is 2.43. The summed E-state index contributed by atoms with van der Waals surface area (Å²) in [4.78, 5) is 2.38. The van der Waals surface area contributed by atoms with Gasteiger partial charge in [-0.25, -0.2) is 4.39 Å². The molecule has 0 amide bonds. The van der Waals surface area contributed by atoms with E-state index in [1.807, 2.05) is 6.07 Å². The SMILES string of the molecule is CN1CCCCC1CCOc1ccc(CCN)cc1F. The zero-order valence-electron chi connectivity index (χ0n) is 12.3. The van der Waals surface area contributed by atoms with Gasteiger partial charge in [0.2, 0.25) is 0 Å². The Morgan fingerprint density at radius 2 is 2.25 bits per heavy atom. The van der Waals surface area contributed by atoms with Crippen LogP contribution in [0.15, 0.2) is 18.2 Å². The van der Waals surface area contributed by atoms with Gasteiger partial charge in [-0.1, -0.05) is 12.5 Å². The number of halogens is 1. The van der Waals surface area contributed by atoms with Gasteiger partial charge >= 0.3 is 0 Å². The van der Waals surface area contributed by atoms with Crippen LogP contribution in [0.25, 0.3) is 0 Å². The van der Waals surface area contributed by atoms with E-state index < -0.39 is 0 Å². The topological polar surface area (TPSA) is 38.5 Å². The third-order valence-corrected chi connectivity index (χ3v) is 4.06. The lowest BCUT2D eigenvalue weighted by atomic mass is 10.0.